The van der Waals surface area contributed by atoms with Crippen LogP contribution >= 0.6 is 31.9 Å². The monoisotopic (exact) mass is 412 g/mol. The lowest BCUT2D eigenvalue weighted by Crippen LogP contribution is -2.01. The molecule has 0 aliphatic carbocycles. The van der Waals surface area contributed by atoms with Gasteiger partial charge in [-0.2, -0.15) is 0 Å². The van der Waals surface area contributed by atoms with E-state index >= 15 is 0 Å². The Balaban J connectivity index is 2.18. The lowest BCUT2D eigenvalue weighted by molar-refractivity contribution is 0.336. The van der Waals surface area contributed by atoms with Gasteiger partial charge in [-0.1, -0.05) is 44.0 Å². The van der Waals surface area contributed by atoms with Crippen molar-refractivity contribution in [3.05, 3.63) is 58.1 Å². The van der Waals surface area contributed by atoms with Crippen molar-refractivity contribution in [3.8, 4) is 11.5 Å². The number of alkyl halides is 1. The lowest BCUT2D eigenvalue weighted by Gasteiger charge is -2.16. The number of halogens is 2. The van der Waals surface area contributed by atoms with Crippen molar-refractivity contribution in [2.45, 2.75) is 18.2 Å². The first-order valence-electron chi connectivity index (χ1n) is 6.83. The molecule has 2 nitrogen and oxygen atoms in total. The summed E-state index contributed by atoms with van der Waals surface area (Å²) in [5, 5.41) is 0. The fourth-order valence-electron chi connectivity index (χ4n) is 2.13. The molecule has 0 saturated carbocycles. The van der Waals surface area contributed by atoms with Crippen LogP contribution in [0.1, 0.15) is 22.9 Å². The second kappa shape index (κ2) is 7.85. The molecule has 0 aliphatic heterocycles. The summed E-state index contributed by atoms with van der Waals surface area (Å²) >= 11 is 7.31. The molecule has 0 spiro atoms. The third kappa shape index (κ3) is 4.48. The molecule has 0 fully saturated rings. The summed E-state index contributed by atoms with van der Waals surface area (Å²) in [7, 11) is 1.68. The highest BCUT2D eigenvalue weighted by molar-refractivity contribution is 9.10. The molecule has 2 aromatic rings. The number of ether oxygens (including phenoxy) is 2. The molecule has 0 bridgehead atoms. The van der Waals surface area contributed by atoms with E-state index in [1.807, 2.05) is 31.2 Å². The summed E-state index contributed by atoms with van der Waals surface area (Å²) in [5.74, 6) is 1.80. The van der Waals surface area contributed by atoms with Gasteiger partial charge in [0, 0.05) is 14.9 Å². The van der Waals surface area contributed by atoms with Gasteiger partial charge in [0.05, 0.1) is 13.7 Å². The van der Waals surface area contributed by atoms with Gasteiger partial charge in [-0.05, 0) is 49.2 Å². The maximum Gasteiger partial charge on any atom is 0.123 e. The second-order valence-corrected chi connectivity index (χ2v) is 6.66. The smallest absolute Gasteiger partial charge is 0.123 e. The van der Waals surface area contributed by atoms with Gasteiger partial charge < -0.3 is 9.47 Å². The summed E-state index contributed by atoms with van der Waals surface area (Å²) in [4.78, 5) is 0.199. The Morgan fingerprint density at radius 1 is 1.10 bits per heavy atom. The van der Waals surface area contributed by atoms with E-state index in [0.717, 1.165) is 28.0 Å². The first kappa shape index (κ1) is 16.4. The van der Waals surface area contributed by atoms with Crippen LogP contribution in [0.15, 0.2) is 46.9 Å². The Labute approximate surface area is 142 Å². The maximum absolute atomic E-state index is 5.72. The van der Waals surface area contributed by atoms with Crippen LogP contribution in [0.3, 0.4) is 0 Å². The Hall–Kier alpha value is -1.00. The SMILES string of the molecule is CCOc1ccc(Br)cc1C(Br)Cc1ccc(OC)cc1. The van der Waals surface area contributed by atoms with E-state index in [4.69, 9.17) is 9.47 Å². The molecule has 1 unspecified atom stereocenters. The minimum absolute atomic E-state index is 0.199. The molecule has 1 atom stereocenters. The van der Waals surface area contributed by atoms with Crippen molar-refractivity contribution >= 4 is 31.9 Å². The quantitative estimate of drug-likeness (QED) is 0.579. The molecule has 0 heterocycles. The second-order valence-electron chi connectivity index (χ2n) is 4.63. The highest BCUT2D eigenvalue weighted by atomic mass is 79.9. The van der Waals surface area contributed by atoms with Crippen molar-refractivity contribution in [1.82, 2.24) is 0 Å². The molecule has 0 saturated heterocycles. The zero-order valence-electron chi connectivity index (χ0n) is 12.1. The minimum atomic E-state index is 0.199. The van der Waals surface area contributed by atoms with E-state index in [2.05, 4.69) is 50.1 Å². The average molecular weight is 414 g/mol. The summed E-state index contributed by atoms with van der Waals surface area (Å²) in [6.07, 6.45) is 0.889. The summed E-state index contributed by atoms with van der Waals surface area (Å²) in [5.41, 5.74) is 2.40. The van der Waals surface area contributed by atoms with Gasteiger partial charge in [0.15, 0.2) is 0 Å². The maximum atomic E-state index is 5.72. The van der Waals surface area contributed by atoms with Gasteiger partial charge in [0.2, 0.25) is 0 Å². The number of benzene rings is 2. The van der Waals surface area contributed by atoms with Crippen LogP contribution in [0.4, 0.5) is 0 Å². The number of rotatable bonds is 6. The topological polar surface area (TPSA) is 18.5 Å². The van der Waals surface area contributed by atoms with Crippen LogP contribution in [-0.2, 0) is 6.42 Å². The normalized spacial score (nSPS) is 12.0. The van der Waals surface area contributed by atoms with Crippen LogP contribution < -0.4 is 9.47 Å². The van der Waals surface area contributed by atoms with Crippen LogP contribution in [0.25, 0.3) is 0 Å². The van der Waals surface area contributed by atoms with Gasteiger partial charge in [0.25, 0.3) is 0 Å². The summed E-state index contributed by atoms with van der Waals surface area (Å²) < 4.78 is 12.0. The van der Waals surface area contributed by atoms with Crippen molar-refractivity contribution in [3.63, 3.8) is 0 Å². The zero-order valence-corrected chi connectivity index (χ0v) is 15.3. The Morgan fingerprint density at radius 3 is 2.43 bits per heavy atom. The average Bonchev–Trinajstić information content (AvgIpc) is 2.50. The molecule has 0 aromatic heterocycles. The summed E-state index contributed by atoms with van der Waals surface area (Å²) in [6, 6.07) is 14.3. The molecular formula is C17H18Br2O2. The predicted octanol–water partition coefficient (Wildman–Crippen LogP) is 5.54. The highest BCUT2D eigenvalue weighted by Crippen LogP contribution is 2.36. The van der Waals surface area contributed by atoms with Crippen LogP contribution in [-0.4, -0.2) is 13.7 Å². The standard InChI is InChI=1S/C17H18Br2O2/c1-3-21-17-9-6-13(18)11-15(17)16(19)10-12-4-7-14(20-2)8-5-12/h4-9,11,16H,3,10H2,1-2H3. The minimum Gasteiger partial charge on any atom is -0.497 e. The third-order valence-electron chi connectivity index (χ3n) is 3.18. The van der Waals surface area contributed by atoms with E-state index in [1.165, 1.54) is 5.56 Å². The van der Waals surface area contributed by atoms with E-state index < -0.39 is 0 Å². The highest BCUT2D eigenvalue weighted by Gasteiger charge is 2.14. The van der Waals surface area contributed by atoms with Gasteiger partial charge in [-0.25, -0.2) is 0 Å². The first-order chi connectivity index (χ1) is 10.1. The molecule has 0 radical (unpaired) electrons. The Bertz CT molecular complexity index is 582. The molecule has 4 heteroatoms. The zero-order chi connectivity index (χ0) is 15.2. The Kier molecular flexibility index (Phi) is 6.12. The molecule has 0 N–H and O–H groups in total. The first-order valence-corrected chi connectivity index (χ1v) is 8.54. The van der Waals surface area contributed by atoms with Gasteiger partial charge >= 0.3 is 0 Å². The van der Waals surface area contributed by atoms with E-state index in [9.17, 15) is 0 Å². The van der Waals surface area contributed by atoms with Crippen molar-refractivity contribution in [2.24, 2.45) is 0 Å². The molecule has 2 rings (SSSR count). The van der Waals surface area contributed by atoms with Crippen LogP contribution in [0.2, 0.25) is 0 Å². The number of hydrogen-bond acceptors (Lipinski definition) is 2. The van der Waals surface area contributed by atoms with E-state index in [0.29, 0.717) is 6.61 Å². The van der Waals surface area contributed by atoms with Gasteiger partial charge in [-0.15, -0.1) is 0 Å². The third-order valence-corrected chi connectivity index (χ3v) is 4.49. The number of hydrogen-bond donors (Lipinski definition) is 0. The van der Waals surface area contributed by atoms with Crippen molar-refractivity contribution in [2.75, 3.05) is 13.7 Å². The molecule has 112 valence electrons. The van der Waals surface area contributed by atoms with E-state index in [1.54, 1.807) is 7.11 Å². The van der Waals surface area contributed by atoms with Crippen molar-refractivity contribution in [1.29, 1.82) is 0 Å². The van der Waals surface area contributed by atoms with Crippen LogP contribution in [0, 0.1) is 0 Å². The fraction of sp³-hybridized carbons (Fsp3) is 0.294. The largest absolute Gasteiger partial charge is 0.497 e. The molecule has 0 amide bonds. The van der Waals surface area contributed by atoms with Crippen molar-refractivity contribution < 1.29 is 9.47 Å². The predicted molar refractivity (Wildman–Crippen MR) is 93.7 cm³/mol. The molecular weight excluding hydrogens is 396 g/mol. The molecule has 21 heavy (non-hydrogen) atoms. The van der Waals surface area contributed by atoms with E-state index in [-0.39, 0.29) is 4.83 Å². The molecule has 2 aromatic carbocycles. The van der Waals surface area contributed by atoms with Gasteiger partial charge in [-0.3, -0.25) is 0 Å². The Morgan fingerprint density at radius 2 is 1.81 bits per heavy atom. The fourth-order valence-corrected chi connectivity index (χ4v) is 3.24. The number of methoxy groups -OCH3 is 1. The molecule has 0 aliphatic rings. The summed E-state index contributed by atoms with van der Waals surface area (Å²) in [6.45, 7) is 2.66. The van der Waals surface area contributed by atoms with Gasteiger partial charge in [0.1, 0.15) is 11.5 Å². The lowest BCUT2D eigenvalue weighted by atomic mass is 10.0. The van der Waals surface area contributed by atoms with Crippen LogP contribution in [0.5, 0.6) is 11.5 Å².